The number of nitriles is 1. The quantitative estimate of drug-likeness (QED) is 0.928. The van der Waals surface area contributed by atoms with E-state index in [-0.39, 0.29) is 10.5 Å². The van der Waals surface area contributed by atoms with Crippen LogP contribution in [-0.2, 0) is 10.0 Å². The molecule has 1 N–H and O–H groups in total. The summed E-state index contributed by atoms with van der Waals surface area (Å²) in [5.74, 6) is 0.458. The van der Waals surface area contributed by atoms with Gasteiger partial charge in [0.25, 0.3) is 10.0 Å². The van der Waals surface area contributed by atoms with Gasteiger partial charge in [-0.3, -0.25) is 4.72 Å². The highest BCUT2D eigenvalue weighted by molar-refractivity contribution is 7.92. The molecule has 0 bridgehead atoms. The van der Waals surface area contributed by atoms with Crippen molar-refractivity contribution >= 4 is 27.3 Å². The summed E-state index contributed by atoms with van der Waals surface area (Å²) in [6, 6.07) is 11.0. The Morgan fingerprint density at radius 1 is 1.27 bits per heavy atom. The van der Waals surface area contributed by atoms with E-state index < -0.39 is 10.0 Å². The fraction of sp³-hybridized carbons (Fsp3) is 0.133. The number of hydrogen-bond donors (Lipinski definition) is 1. The summed E-state index contributed by atoms with van der Waals surface area (Å²) in [7, 11) is -2.41. The van der Waals surface area contributed by atoms with Gasteiger partial charge in [-0.1, -0.05) is 23.7 Å². The Labute approximate surface area is 134 Å². The molecule has 0 amide bonds. The molecule has 0 unspecified atom stereocenters. The summed E-state index contributed by atoms with van der Waals surface area (Å²) in [4.78, 5) is -0.0798. The first-order valence-electron chi connectivity index (χ1n) is 6.25. The molecule has 2 aromatic carbocycles. The van der Waals surface area contributed by atoms with Gasteiger partial charge in [-0.05, 0) is 36.8 Å². The number of benzene rings is 2. The van der Waals surface area contributed by atoms with Gasteiger partial charge in [-0.25, -0.2) is 8.42 Å². The van der Waals surface area contributed by atoms with Crippen LogP contribution in [0, 0.1) is 18.3 Å². The number of halogens is 1. The van der Waals surface area contributed by atoms with Crippen LogP contribution in [0.3, 0.4) is 0 Å². The van der Waals surface area contributed by atoms with E-state index in [4.69, 9.17) is 21.6 Å². The lowest BCUT2D eigenvalue weighted by molar-refractivity contribution is 0.415. The molecule has 0 aliphatic carbocycles. The van der Waals surface area contributed by atoms with Crippen LogP contribution in [0.5, 0.6) is 5.75 Å². The van der Waals surface area contributed by atoms with Gasteiger partial charge in [-0.2, -0.15) is 5.26 Å². The van der Waals surface area contributed by atoms with Gasteiger partial charge in [0.05, 0.1) is 23.4 Å². The van der Waals surface area contributed by atoms with E-state index in [9.17, 15) is 8.42 Å². The third kappa shape index (κ3) is 3.16. The second-order valence-corrected chi connectivity index (χ2v) is 6.57. The summed E-state index contributed by atoms with van der Waals surface area (Å²) in [5.41, 5.74) is 1.06. The zero-order valence-electron chi connectivity index (χ0n) is 11.9. The molecule has 0 spiro atoms. The van der Waals surface area contributed by atoms with Crippen molar-refractivity contribution in [3.63, 3.8) is 0 Å². The van der Waals surface area contributed by atoms with E-state index in [1.807, 2.05) is 6.07 Å². The highest BCUT2D eigenvalue weighted by Crippen LogP contribution is 2.32. The minimum Gasteiger partial charge on any atom is -0.495 e. The van der Waals surface area contributed by atoms with E-state index in [1.54, 1.807) is 25.1 Å². The van der Waals surface area contributed by atoms with Crippen LogP contribution in [0.1, 0.15) is 11.1 Å². The lowest BCUT2D eigenvalue weighted by atomic mass is 10.2. The summed E-state index contributed by atoms with van der Waals surface area (Å²) in [6.45, 7) is 1.73. The Kier molecular flexibility index (Phi) is 4.59. The number of hydrogen-bond acceptors (Lipinski definition) is 4. The predicted octanol–water partition coefficient (Wildman–Crippen LogP) is 3.33. The average Bonchev–Trinajstić information content (AvgIpc) is 2.50. The van der Waals surface area contributed by atoms with E-state index in [0.29, 0.717) is 22.0 Å². The van der Waals surface area contributed by atoms with Crippen LogP contribution in [-0.4, -0.2) is 15.5 Å². The van der Waals surface area contributed by atoms with Gasteiger partial charge in [0.15, 0.2) is 0 Å². The number of aryl methyl sites for hydroxylation is 1. The molecule has 5 nitrogen and oxygen atoms in total. The third-order valence-corrected chi connectivity index (χ3v) is 4.76. The van der Waals surface area contributed by atoms with E-state index in [1.165, 1.54) is 25.3 Å². The summed E-state index contributed by atoms with van der Waals surface area (Å²) < 4.78 is 32.5. The number of nitrogens with zero attached hydrogens (tertiary/aromatic N) is 1. The monoisotopic (exact) mass is 336 g/mol. The second-order valence-electron chi connectivity index (χ2n) is 4.52. The molecule has 0 fully saturated rings. The number of rotatable bonds is 4. The summed E-state index contributed by atoms with van der Waals surface area (Å²) in [5, 5.41) is 9.33. The van der Waals surface area contributed by atoms with Crippen LogP contribution in [0.15, 0.2) is 41.3 Å². The van der Waals surface area contributed by atoms with E-state index in [2.05, 4.69) is 4.72 Å². The predicted molar refractivity (Wildman–Crippen MR) is 84.7 cm³/mol. The summed E-state index contributed by atoms with van der Waals surface area (Å²) in [6.07, 6.45) is 0. The number of anilines is 1. The summed E-state index contributed by atoms with van der Waals surface area (Å²) >= 11 is 6.02. The number of nitrogens with one attached hydrogen (secondary N) is 1. The first-order chi connectivity index (χ1) is 10.4. The largest absolute Gasteiger partial charge is 0.495 e. The molecule has 0 aromatic heterocycles. The Morgan fingerprint density at radius 2 is 1.95 bits per heavy atom. The maximum Gasteiger partial charge on any atom is 0.263 e. The topological polar surface area (TPSA) is 79.2 Å². The maximum atomic E-state index is 12.5. The molecule has 7 heteroatoms. The van der Waals surface area contributed by atoms with Gasteiger partial charge < -0.3 is 4.74 Å². The van der Waals surface area contributed by atoms with E-state index >= 15 is 0 Å². The molecule has 0 atom stereocenters. The Hall–Kier alpha value is -2.23. The molecule has 0 aliphatic heterocycles. The molecule has 0 heterocycles. The van der Waals surface area contributed by atoms with Crippen molar-refractivity contribution in [3.8, 4) is 11.8 Å². The van der Waals surface area contributed by atoms with Crippen molar-refractivity contribution in [2.45, 2.75) is 11.8 Å². The van der Waals surface area contributed by atoms with Gasteiger partial charge in [-0.15, -0.1) is 0 Å². The molecule has 22 heavy (non-hydrogen) atoms. The second kappa shape index (κ2) is 6.26. The smallest absolute Gasteiger partial charge is 0.263 e. The molecular formula is C15H13ClN2O3S. The van der Waals surface area contributed by atoms with Crippen LogP contribution < -0.4 is 9.46 Å². The highest BCUT2D eigenvalue weighted by atomic mass is 35.5. The fourth-order valence-electron chi connectivity index (χ4n) is 1.91. The molecule has 114 valence electrons. The van der Waals surface area contributed by atoms with Crippen molar-refractivity contribution in [3.05, 3.63) is 52.5 Å². The zero-order valence-corrected chi connectivity index (χ0v) is 13.5. The minimum absolute atomic E-state index is 0.0762. The van der Waals surface area contributed by atoms with Crippen molar-refractivity contribution in [1.82, 2.24) is 0 Å². The SMILES string of the molecule is COc1cc(C)c(NS(=O)(=O)c2ccccc2C#N)cc1Cl. The van der Waals surface area contributed by atoms with Gasteiger partial charge >= 0.3 is 0 Å². The first kappa shape index (κ1) is 16.1. The lowest BCUT2D eigenvalue weighted by Gasteiger charge is -2.13. The van der Waals surface area contributed by atoms with Gasteiger partial charge in [0, 0.05) is 0 Å². The number of methoxy groups -OCH3 is 1. The standard InChI is InChI=1S/C15H13ClN2O3S/c1-10-7-14(21-2)12(16)8-13(10)18-22(19,20)15-6-4-3-5-11(15)9-17/h3-8,18H,1-2H3. The molecule has 0 radical (unpaired) electrons. The average molecular weight is 337 g/mol. The molecule has 0 aliphatic rings. The van der Waals surface area contributed by atoms with Gasteiger partial charge in [0.1, 0.15) is 16.7 Å². The normalized spacial score (nSPS) is 10.8. The van der Waals surface area contributed by atoms with Gasteiger partial charge in [0.2, 0.25) is 0 Å². The highest BCUT2D eigenvalue weighted by Gasteiger charge is 2.19. The van der Waals surface area contributed by atoms with Crippen molar-refractivity contribution in [2.75, 3.05) is 11.8 Å². The van der Waals surface area contributed by atoms with Crippen molar-refractivity contribution in [1.29, 1.82) is 5.26 Å². The van der Waals surface area contributed by atoms with Crippen LogP contribution in [0.2, 0.25) is 5.02 Å². The van der Waals surface area contributed by atoms with E-state index in [0.717, 1.165) is 0 Å². The lowest BCUT2D eigenvalue weighted by Crippen LogP contribution is -2.15. The Bertz CT molecular complexity index is 858. The minimum atomic E-state index is -3.89. The molecule has 0 saturated heterocycles. The van der Waals surface area contributed by atoms with Crippen molar-refractivity contribution < 1.29 is 13.2 Å². The maximum absolute atomic E-state index is 12.5. The molecule has 2 aromatic rings. The zero-order chi connectivity index (χ0) is 16.3. The fourth-order valence-corrected chi connectivity index (χ4v) is 3.44. The Morgan fingerprint density at radius 3 is 2.59 bits per heavy atom. The van der Waals surface area contributed by atoms with Crippen LogP contribution in [0.25, 0.3) is 0 Å². The molecule has 0 saturated carbocycles. The number of ether oxygens (including phenoxy) is 1. The molecular weight excluding hydrogens is 324 g/mol. The van der Waals surface area contributed by atoms with Crippen LogP contribution >= 0.6 is 11.6 Å². The Balaban J connectivity index is 2.46. The van der Waals surface area contributed by atoms with Crippen molar-refractivity contribution in [2.24, 2.45) is 0 Å². The first-order valence-corrected chi connectivity index (χ1v) is 8.11. The third-order valence-electron chi connectivity index (χ3n) is 3.04. The number of sulfonamides is 1. The molecule has 2 rings (SSSR count). The van der Waals surface area contributed by atoms with Crippen LogP contribution in [0.4, 0.5) is 5.69 Å².